The number of nitrogens with zero attached hydrogens (tertiary/aromatic N) is 1. The van der Waals surface area contributed by atoms with Gasteiger partial charge in [-0.1, -0.05) is 13.8 Å². The Morgan fingerprint density at radius 2 is 2.21 bits per heavy atom. The molecule has 0 aliphatic rings. The summed E-state index contributed by atoms with van der Waals surface area (Å²) in [5, 5.41) is 2.94. The molecule has 1 rings (SSSR count). The Hall–Kier alpha value is -1.62. The first-order valence-corrected chi connectivity index (χ1v) is 6.56. The normalized spacial score (nSPS) is 12.5. The van der Waals surface area contributed by atoms with Gasteiger partial charge < -0.3 is 15.8 Å². The zero-order chi connectivity index (χ0) is 14.4. The van der Waals surface area contributed by atoms with Crippen molar-refractivity contribution in [2.75, 3.05) is 18.9 Å². The fourth-order valence-corrected chi connectivity index (χ4v) is 1.66. The molecule has 0 spiro atoms. The second kappa shape index (κ2) is 7.09. The molecule has 0 bridgehead atoms. The van der Waals surface area contributed by atoms with Gasteiger partial charge in [-0.05, 0) is 25.8 Å². The van der Waals surface area contributed by atoms with Crippen molar-refractivity contribution in [2.24, 2.45) is 5.92 Å². The Bertz CT molecular complexity index is 433. The van der Waals surface area contributed by atoms with Gasteiger partial charge in [0.05, 0.1) is 18.2 Å². The fourth-order valence-electron chi connectivity index (χ4n) is 1.66. The largest absolute Gasteiger partial charge is 0.398 e. The summed E-state index contributed by atoms with van der Waals surface area (Å²) in [6.45, 7) is 8.99. The lowest BCUT2D eigenvalue weighted by Crippen LogP contribution is -2.42. The van der Waals surface area contributed by atoms with E-state index in [1.807, 2.05) is 27.7 Å². The number of aromatic nitrogens is 1. The van der Waals surface area contributed by atoms with Crippen molar-refractivity contribution in [3.05, 3.63) is 23.5 Å². The van der Waals surface area contributed by atoms with Gasteiger partial charge in [0.2, 0.25) is 0 Å². The first-order valence-electron chi connectivity index (χ1n) is 6.56. The number of hydrogen-bond acceptors (Lipinski definition) is 4. The second-order valence-corrected chi connectivity index (χ2v) is 4.90. The van der Waals surface area contributed by atoms with Crippen LogP contribution in [0.1, 0.15) is 36.8 Å². The van der Waals surface area contributed by atoms with Crippen molar-refractivity contribution in [3.63, 3.8) is 0 Å². The van der Waals surface area contributed by atoms with Crippen molar-refractivity contribution in [3.8, 4) is 0 Å². The van der Waals surface area contributed by atoms with E-state index in [1.54, 1.807) is 6.07 Å². The lowest BCUT2D eigenvalue weighted by Gasteiger charge is -2.22. The number of nitrogens with one attached hydrogen (secondary N) is 1. The minimum Gasteiger partial charge on any atom is -0.398 e. The van der Waals surface area contributed by atoms with Crippen molar-refractivity contribution >= 4 is 11.6 Å². The summed E-state index contributed by atoms with van der Waals surface area (Å²) >= 11 is 0. The minimum atomic E-state index is -0.205. The average Bonchev–Trinajstić information content (AvgIpc) is 2.33. The molecule has 0 radical (unpaired) electrons. The molecule has 1 atom stereocenters. The smallest absolute Gasteiger partial charge is 0.255 e. The van der Waals surface area contributed by atoms with E-state index in [9.17, 15) is 4.79 Å². The highest BCUT2D eigenvalue weighted by atomic mass is 16.5. The monoisotopic (exact) mass is 265 g/mol. The molecule has 1 amide bonds. The average molecular weight is 265 g/mol. The first-order chi connectivity index (χ1) is 8.95. The molecular weight excluding hydrogens is 242 g/mol. The number of hydrogen-bond donors (Lipinski definition) is 2. The summed E-state index contributed by atoms with van der Waals surface area (Å²) < 4.78 is 5.38. The maximum absolute atomic E-state index is 12.2. The highest BCUT2D eigenvalue weighted by Crippen LogP contribution is 2.12. The van der Waals surface area contributed by atoms with Gasteiger partial charge >= 0.3 is 0 Å². The maximum Gasteiger partial charge on any atom is 0.255 e. The quantitative estimate of drug-likeness (QED) is 0.821. The molecule has 5 heteroatoms. The van der Waals surface area contributed by atoms with E-state index in [0.29, 0.717) is 24.5 Å². The summed E-state index contributed by atoms with van der Waals surface area (Å²) in [6.07, 6.45) is 1.51. The van der Waals surface area contributed by atoms with E-state index in [0.717, 1.165) is 5.69 Å². The molecular formula is C14H23N3O2. The lowest BCUT2D eigenvalue weighted by atomic mass is 10.0. The van der Waals surface area contributed by atoms with Crippen LogP contribution in [0.3, 0.4) is 0 Å². The maximum atomic E-state index is 12.2. The summed E-state index contributed by atoms with van der Waals surface area (Å²) in [6, 6.07) is 1.66. The summed E-state index contributed by atoms with van der Waals surface area (Å²) in [7, 11) is 0. The van der Waals surface area contributed by atoms with Crippen molar-refractivity contribution in [1.29, 1.82) is 0 Å². The van der Waals surface area contributed by atoms with Crippen molar-refractivity contribution < 1.29 is 9.53 Å². The Kier molecular flexibility index (Phi) is 5.76. The standard InChI is InChI=1S/C14H23N3O2/c1-5-19-8-13(9(2)3)17-14(18)11-7-16-10(4)6-12(11)15/h6-7,9,13H,5,8H2,1-4H3,(H2,15,16)(H,17,18). The van der Waals surface area contributed by atoms with Crippen LogP contribution in [-0.2, 0) is 4.74 Å². The SMILES string of the molecule is CCOCC(NC(=O)c1cnc(C)cc1N)C(C)C. The number of aryl methyl sites for hydroxylation is 1. The number of amides is 1. The highest BCUT2D eigenvalue weighted by molar-refractivity contribution is 5.99. The number of ether oxygens (including phenoxy) is 1. The number of nitrogens with two attached hydrogens (primary N) is 1. The third-order valence-corrected chi connectivity index (χ3v) is 2.94. The van der Waals surface area contributed by atoms with Gasteiger partial charge in [0, 0.05) is 24.2 Å². The highest BCUT2D eigenvalue weighted by Gasteiger charge is 2.19. The Labute approximate surface area is 114 Å². The Balaban J connectivity index is 2.76. The van der Waals surface area contributed by atoms with Gasteiger partial charge in [0.1, 0.15) is 0 Å². The molecule has 1 aromatic heterocycles. The summed E-state index contributed by atoms with van der Waals surface area (Å²) in [5.41, 5.74) is 7.50. The van der Waals surface area contributed by atoms with Crippen LogP contribution < -0.4 is 11.1 Å². The van der Waals surface area contributed by atoms with E-state index in [4.69, 9.17) is 10.5 Å². The van der Waals surface area contributed by atoms with Crippen LogP contribution in [0.25, 0.3) is 0 Å². The third-order valence-electron chi connectivity index (χ3n) is 2.94. The molecule has 0 aromatic carbocycles. The van der Waals surface area contributed by atoms with Crippen LogP contribution in [0.4, 0.5) is 5.69 Å². The molecule has 1 unspecified atom stereocenters. The third kappa shape index (κ3) is 4.52. The van der Waals surface area contributed by atoms with Gasteiger partial charge in [0.15, 0.2) is 0 Å². The van der Waals surface area contributed by atoms with Crippen LogP contribution in [0, 0.1) is 12.8 Å². The predicted octanol–water partition coefficient (Wildman–Crippen LogP) is 1.76. The molecule has 5 nitrogen and oxygen atoms in total. The molecule has 1 aromatic rings. The first kappa shape index (κ1) is 15.4. The van der Waals surface area contributed by atoms with E-state index < -0.39 is 0 Å². The van der Waals surface area contributed by atoms with Gasteiger partial charge in [-0.2, -0.15) is 0 Å². The Morgan fingerprint density at radius 3 is 2.74 bits per heavy atom. The molecule has 0 saturated heterocycles. The van der Waals surface area contributed by atoms with Gasteiger partial charge in [-0.3, -0.25) is 9.78 Å². The van der Waals surface area contributed by atoms with Crippen LogP contribution in [0.5, 0.6) is 0 Å². The number of rotatable bonds is 6. The fraction of sp³-hybridized carbons (Fsp3) is 0.571. The number of carbonyl (C=O) groups excluding carboxylic acids is 1. The summed E-state index contributed by atoms with van der Waals surface area (Å²) in [4.78, 5) is 16.3. The number of pyridine rings is 1. The molecule has 1 heterocycles. The van der Waals surface area contributed by atoms with Gasteiger partial charge in [0.25, 0.3) is 5.91 Å². The zero-order valence-corrected chi connectivity index (χ0v) is 12.1. The zero-order valence-electron chi connectivity index (χ0n) is 12.1. The van der Waals surface area contributed by atoms with Crippen LogP contribution in [0.2, 0.25) is 0 Å². The molecule has 0 fully saturated rings. The van der Waals surface area contributed by atoms with Crippen LogP contribution in [-0.4, -0.2) is 30.1 Å². The molecule has 106 valence electrons. The Morgan fingerprint density at radius 1 is 1.53 bits per heavy atom. The lowest BCUT2D eigenvalue weighted by molar-refractivity contribution is 0.0806. The van der Waals surface area contributed by atoms with E-state index >= 15 is 0 Å². The van der Waals surface area contributed by atoms with Crippen LogP contribution >= 0.6 is 0 Å². The number of carbonyl (C=O) groups is 1. The molecule has 0 aliphatic heterocycles. The topological polar surface area (TPSA) is 77.2 Å². The second-order valence-electron chi connectivity index (χ2n) is 4.90. The van der Waals surface area contributed by atoms with E-state index in [2.05, 4.69) is 10.3 Å². The van der Waals surface area contributed by atoms with Gasteiger partial charge in [-0.15, -0.1) is 0 Å². The molecule has 0 saturated carbocycles. The molecule has 0 aliphatic carbocycles. The molecule has 3 N–H and O–H groups in total. The predicted molar refractivity (Wildman–Crippen MR) is 76.0 cm³/mol. The van der Waals surface area contributed by atoms with Crippen molar-refractivity contribution in [1.82, 2.24) is 10.3 Å². The van der Waals surface area contributed by atoms with Crippen molar-refractivity contribution in [2.45, 2.75) is 33.7 Å². The van der Waals surface area contributed by atoms with E-state index in [1.165, 1.54) is 6.20 Å². The molecule has 19 heavy (non-hydrogen) atoms. The van der Waals surface area contributed by atoms with E-state index in [-0.39, 0.29) is 17.9 Å². The number of anilines is 1. The number of nitrogen functional groups attached to an aromatic ring is 1. The minimum absolute atomic E-state index is 0.0341. The summed E-state index contributed by atoms with van der Waals surface area (Å²) in [5.74, 6) is 0.0820. The van der Waals surface area contributed by atoms with Gasteiger partial charge in [-0.25, -0.2) is 0 Å². The van der Waals surface area contributed by atoms with Crippen LogP contribution in [0.15, 0.2) is 12.3 Å².